The molecule has 1 N–H and O–H groups in total. The Labute approximate surface area is 119 Å². The van der Waals surface area contributed by atoms with Crippen molar-refractivity contribution in [3.8, 4) is 11.5 Å². The van der Waals surface area contributed by atoms with E-state index < -0.39 is 18.5 Å². The molecule has 1 atom stereocenters. The molecule has 0 aliphatic rings. The number of benzene rings is 2. The first-order valence-corrected chi connectivity index (χ1v) is 6.07. The lowest BCUT2D eigenvalue weighted by Crippen LogP contribution is -2.05. The van der Waals surface area contributed by atoms with Gasteiger partial charge in [0.1, 0.15) is 23.4 Å². The zero-order valence-electron chi connectivity index (χ0n) is 11.1. The maximum Gasteiger partial charge on any atom is 0.387 e. The summed E-state index contributed by atoms with van der Waals surface area (Å²) in [7, 11) is 1.39. The highest BCUT2D eigenvalue weighted by Gasteiger charge is 2.17. The number of hydrogen-bond acceptors (Lipinski definition) is 3. The molecule has 21 heavy (non-hydrogen) atoms. The summed E-state index contributed by atoms with van der Waals surface area (Å²) < 4.78 is 47.0. The van der Waals surface area contributed by atoms with Crippen LogP contribution in [0.2, 0.25) is 0 Å². The van der Waals surface area contributed by atoms with Gasteiger partial charge in [0.25, 0.3) is 0 Å². The Bertz CT molecular complexity index is 617. The van der Waals surface area contributed by atoms with Crippen molar-refractivity contribution < 1.29 is 27.8 Å². The van der Waals surface area contributed by atoms with E-state index in [2.05, 4.69) is 4.74 Å². The van der Waals surface area contributed by atoms with Gasteiger partial charge in [-0.15, -0.1) is 0 Å². The second kappa shape index (κ2) is 6.49. The summed E-state index contributed by atoms with van der Waals surface area (Å²) >= 11 is 0. The standard InChI is InChI=1S/C15H13F3O3/c1-20-13-6-5-10(16)8-12(13)14(19)9-3-2-4-11(7-9)21-15(17)18/h2-8,14-15,19H,1H3. The molecule has 0 aliphatic heterocycles. The summed E-state index contributed by atoms with van der Waals surface area (Å²) in [6.45, 7) is -2.96. The third-order valence-corrected chi connectivity index (χ3v) is 2.89. The Balaban J connectivity index is 2.35. The summed E-state index contributed by atoms with van der Waals surface area (Å²) in [6, 6.07) is 9.30. The molecule has 0 bridgehead atoms. The normalized spacial score (nSPS) is 12.3. The summed E-state index contributed by atoms with van der Waals surface area (Å²) in [5.41, 5.74) is 0.490. The predicted octanol–water partition coefficient (Wildman–Crippen LogP) is 3.52. The first-order valence-electron chi connectivity index (χ1n) is 6.07. The van der Waals surface area contributed by atoms with Crippen LogP contribution in [0.4, 0.5) is 13.2 Å². The van der Waals surface area contributed by atoms with Crippen molar-refractivity contribution in [2.24, 2.45) is 0 Å². The Kier molecular flexibility index (Phi) is 4.70. The van der Waals surface area contributed by atoms with Crippen molar-refractivity contribution in [2.45, 2.75) is 12.7 Å². The molecule has 0 amide bonds. The first kappa shape index (κ1) is 15.2. The second-order valence-corrected chi connectivity index (χ2v) is 4.24. The second-order valence-electron chi connectivity index (χ2n) is 4.24. The molecule has 1 unspecified atom stereocenters. The van der Waals surface area contributed by atoms with Gasteiger partial charge >= 0.3 is 6.61 Å². The Hall–Kier alpha value is -2.21. The third-order valence-electron chi connectivity index (χ3n) is 2.89. The summed E-state index contributed by atoms with van der Waals surface area (Å²) in [4.78, 5) is 0. The highest BCUT2D eigenvalue weighted by molar-refractivity contribution is 5.42. The minimum atomic E-state index is -2.96. The van der Waals surface area contributed by atoms with Crippen molar-refractivity contribution in [2.75, 3.05) is 7.11 Å². The molecular weight excluding hydrogens is 285 g/mol. The van der Waals surface area contributed by atoms with Crippen LogP contribution in [0.15, 0.2) is 42.5 Å². The number of alkyl halides is 2. The average molecular weight is 298 g/mol. The minimum Gasteiger partial charge on any atom is -0.496 e. The maximum atomic E-state index is 13.3. The van der Waals surface area contributed by atoms with E-state index in [0.29, 0.717) is 5.75 Å². The Morgan fingerprint density at radius 2 is 1.86 bits per heavy atom. The average Bonchev–Trinajstić information content (AvgIpc) is 2.46. The van der Waals surface area contributed by atoms with Gasteiger partial charge in [-0.25, -0.2) is 4.39 Å². The molecule has 0 saturated heterocycles. The third kappa shape index (κ3) is 3.66. The molecule has 2 aromatic rings. The van der Waals surface area contributed by atoms with Gasteiger partial charge in [0.2, 0.25) is 0 Å². The lowest BCUT2D eigenvalue weighted by molar-refractivity contribution is -0.0499. The number of rotatable bonds is 5. The quantitative estimate of drug-likeness (QED) is 0.918. The van der Waals surface area contributed by atoms with E-state index in [1.807, 2.05) is 0 Å². The number of halogens is 3. The van der Waals surface area contributed by atoms with Crippen LogP contribution in [0.3, 0.4) is 0 Å². The smallest absolute Gasteiger partial charge is 0.387 e. The van der Waals surface area contributed by atoms with Crippen LogP contribution < -0.4 is 9.47 Å². The SMILES string of the molecule is COc1ccc(F)cc1C(O)c1cccc(OC(F)F)c1. The van der Waals surface area contributed by atoms with Gasteiger partial charge in [-0.3, -0.25) is 0 Å². The monoisotopic (exact) mass is 298 g/mol. The number of methoxy groups -OCH3 is 1. The van der Waals surface area contributed by atoms with Crippen LogP contribution in [-0.4, -0.2) is 18.8 Å². The molecule has 3 nitrogen and oxygen atoms in total. The van der Waals surface area contributed by atoms with Crippen molar-refractivity contribution in [3.63, 3.8) is 0 Å². The number of hydrogen-bond donors (Lipinski definition) is 1. The number of ether oxygens (including phenoxy) is 2. The van der Waals surface area contributed by atoms with Crippen LogP contribution in [-0.2, 0) is 0 Å². The molecule has 6 heteroatoms. The first-order chi connectivity index (χ1) is 10.0. The molecule has 0 heterocycles. The maximum absolute atomic E-state index is 13.3. The van der Waals surface area contributed by atoms with E-state index in [0.717, 1.165) is 6.07 Å². The van der Waals surface area contributed by atoms with Crippen LogP contribution in [0.25, 0.3) is 0 Å². The fraction of sp³-hybridized carbons (Fsp3) is 0.200. The predicted molar refractivity (Wildman–Crippen MR) is 70.1 cm³/mol. The number of aliphatic hydroxyl groups is 1. The topological polar surface area (TPSA) is 38.7 Å². The zero-order valence-corrected chi connectivity index (χ0v) is 11.1. The van der Waals surface area contributed by atoms with Gasteiger partial charge in [0.15, 0.2) is 0 Å². The van der Waals surface area contributed by atoms with Crippen LogP contribution in [0.5, 0.6) is 11.5 Å². The van der Waals surface area contributed by atoms with Crippen LogP contribution >= 0.6 is 0 Å². The van der Waals surface area contributed by atoms with Gasteiger partial charge in [-0.05, 0) is 35.9 Å². The van der Waals surface area contributed by atoms with Gasteiger partial charge in [-0.1, -0.05) is 12.1 Å². The fourth-order valence-corrected chi connectivity index (χ4v) is 1.96. The summed E-state index contributed by atoms with van der Waals surface area (Å²) in [6.07, 6.45) is -1.23. The number of aliphatic hydroxyl groups excluding tert-OH is 1. The van der Waals surface area contributed by atoms with Crippen molar-refractivity contribution in [1.29, 1.82) is 0 Å². The Morgan fingerprint density at radius 1 is 1.10 bits per heavy atom. The van der Waals surface area contributed by atoms with Gasteiger partial charge in [0, 0.05) is 5.56 Å². The molecule has 0 saturated carbocycles. The van der Waals surface area contributed by atoms with E-state index in [9.17, 15) is 18.3 Å². The molecule has 0 spiro atoms. The molecule has 2 rings (SSSR count). The fourth-order valence-electron chi connectivity index (χ4n) is 1.96. The lowest BCUT2D eigenvalue weighted by atomic mass is 10.0. The van der Waals surface area contributed by atoms with E-state index in [1.54, 1.807) is 0 Å². The molecule has 0 radical (unpaired) electrons. The van der Waals surface area contributed by atoms with Gasteiger partial charge in [0.05, 0.1) is 7.11 Å². The Morgan fingerprint density at radius 3 is 2.52 bits per heavy atom. The summed E-state index contributed by atoms with van der Waals surface area (Å²) in [5.74, 6) is -0.328. The van der Waals surface area contributed by atoms with E-state index in [-0.39, 0.29) is 16.9 Å². The largest absolute Gasteiger partial charge is 0.496 e. The molecule has 2 aromatic carbocycles. The van der Waals surface area contributed by atoms with Crippen molar-refractivity contribution in [1.82, 2.24) is 0 Å². The lowest BCUT2D eigenvalue weighted by Gasteiger charge is -2.16. The van der Waals surface area contributed by atoms with Crippen LogP contribution in [0, 0.1) is 5.82 Å². The van der Waals surface area contributed by atoms with Crippen LogP contribution in [0.1, 0.15) is 17.2 Å². The minimum absolute atomic E-state index is 0.0862. The van der Waals surface area contributed by atoms with E-state index in [1.165, 1.54) is 43.5 Å². The molecular formula is C15H13F3O3. The molecule has 0 fully saturated rings. The molecule has 112 valence electrons. The molecule has 0 aliphatic carbocycles. The van der Waals surface area contributed by atoms with Gasteiger partial charge < -0.3 is 14.6 Å². The highest BCUT2D eigenvalue weighted by Crippen LogP contribution is 2.32. The van der Waals surface area contributed by atoms with Crippen molar-refractivity contribution in [3.05, 3.63) is 59.4 Å². The van der Waals surface area contributed by atoms with Gasteiger partial charge in [-0.2, -0.15) is 8.78 Å². The van der Waals surface area contributed by atoms with E-state index in [4.69, 9.17) is 4.74 Å². The molecule has 0 aromatic heterocycles. The summed E-state index contributed by atoms with van der Waals surface area (Å²) in [5, 5.41) is 10.3. The van der Waals surface area contributed by atoms with E-state index >= 15 is 0 Å². The highest BCUT2D eigenvalue weighted by atomic mass is 19.3. The van der Waals surface area contributed by atoms with Crippen molar-refractivity contribution >= 4 is 0 Å². The zero-order chi connectivity index (χ0) is 15.4.